The maximum Gasteiger partial charge on any atom is 0.252 e. The van der Waals surface area contributed by atoms with Gasteiger partial charge in [-0.1, -0.05) is 6.07 Å². The third-order valence-corrected chi connectivity index (χ3v) is 6.03. The molecule has 0 amide bonds. The third kappa shape index (κ3) is 2.70. The van der Waals surface area contributed by atoms with Crippen molar-refractivity contribution in [2.75, 3.05) is 7.05 Å². The number of sulfonamides is 1. The van der Waals surface area contributed by atoms with Gasteiger partial charge in [0.05, 0.1) is 6.54 Å². The first-order valence-electron chi connectivity index (χ1n) is 5.85. The van der Waals surface area contributed by atoms with E-state index in [1.54, 1.807) is 24.6 Å². The van der Waals surface area contributed by atoms with Gasteiger partial charge in [-0.3, -0.25) is 0 Å². The van der Waals surface area contributed by atoms with Crippen molar-refractivity contribution in [1.29, 1.82) is 0 Å². The molecular weight excluding hydrogens is 284 g/mol. The second-order valence-corrected chi connectivity index (χ2v) is 7.32. The van der Waals surface area contributed by atoms with Crippen molar-refractivity contribution in [1.82, 2.24) is 19.1 Å². The molecule has 2 aromatic heterocycles. The summed E-state index contributed by atoms with van der Waals surface area (Å²) in [6, 6.07) is 3.33. The monoisotopic (exact) mass is 300 g/mol. The quantitative estimate of drug-likeness (QED) is 0.839. The van der Waals surface area contributed by atoms with Crippen molar-refractivity contribution in [2.24, 2.45) is 0 Å². The molecule has 0 aromatic carbocycles. The van der Waals surface area contributed by atoms with E-state index in [0.29, 0.717) is 10.0 Å². The Morgan fingerprint density at radius 3 is 2.74 bits per heavy atom. The van der Waals surface area contributed by atoms with Gasteiger partial charge in [0.2, 0.25) is 0 Å². The summed E-state index contributed by atoms with van der Waals surface area (Å²) in [6.07, 6.45) is 0. The summed E-state index contributed by atoms with van der Waals surface area (Å²) in [7, 11) is -1.88. The Morgan fingerprint density at radius 1 is 1.42 bits per heavy atom. The van der Waals surface area contributed by atoms with Crippen molar-refractivity contribution in [3.63, 3.8) is 0 Å². The van der Waals surface area contributed by atoms with E-state index < -0.39 is 10.0 Å². The minimum atomic E-state index is -3.44. The number of thiophene rings is 1. The van der Waals surface area contributed by atoms with Gasteiger partial charge >= 0.3 is 0 Å². The van der Waals surface area contributed by atoms with Gasteiger partial charge in [-0.25, -0.2) is 8.42 Å². The van der Waals surface area contributed by atoms with Crippen molar-refractivity contribution in [3.05, 3.63) is 29.2 Å². The molecule has 0 aliphatic carbocycles. The molecule has 0 aliphatic rings. The first-order chi connectivity index (χ1) is 8.96. The maximum atomic E-state index is 12.3. The highest BCUT2D eigenvalue weighted by Crippen LogP contribution is 2.21. The standard InChI is InChI=1S/C11H16N4O2S2/c1-4-15-9(2)12-13-10(15)8-14(3)19(16,17)11-6-5-7-18-11/h5-7H,4,8H2,1-3H3. The second-order valence-electron chi connectivity index (χ2n) is 4.10. The topological polar surface area (TPSA) is 68.1 Å². The zero-order valence-electron chi connectivity index (χ0n) is 11.1. The van der Waals surface area contributed by atoms with Gasteiger partial charge in [0.25, 0.3) is 10.0 Å². The normalized spacial score (nSPS) is 12.2. The van der Waals surface area contributed by atoms with Crippen molar-refractivity contribution >= 4 is 21.4 Å². The average molecular weight is 300 g/mol. The molecular formula is C11H16N4O2S2. The molecule has 2 aromatic rings. The molecule has 0 saturated carbocycles. The van der Waals surface area contributed by atoms with Crippen LogP contribution < -0.4 is 0 Å². The van der Waals surface area contributed by atoms with E-state index in [-0.39, 0.29) is 6.54 Å². The molecule has 0 unspecified atom stereocenters. The SMILES string of the molecule is CCn1c(C)nnc1CN(C)S(=O)(=O)c1cccs1. The zero-order chi connectivity index (χ0) is 14.0. The molecule has 8 heteroatoms. The minimum Gasteiger partial charge on any atom is -0.314 e. The molecule has 0 aliphatic heterocycles. The Hall–Kier alpha value is -1.25. The van der Waals surface area contributed by atoms with Crippen molar-refractivity contribution in [3.8, 4) is 0 Å². The molecule has 0 fully saturated rings. The maximum absolute atomic E-state index is 12.3. The average Bonchev–Trinajstić information content (AvgIpc) is 2.99. The number of rotatable bonds is 5. The fourth-order valence-electron chi connectivity index (χ4n) is 1.80. The van der Waals surface area contributed by atoms with Crippen LogP contribution >= 0.6 is 11.3 Å². The third-order valence-electron chi connectivity index (χ3n) is 2.85. The van der Waals surface area contributed by atoms with Crippen LogP contribution in [0.1, 0.15) is 18.6 Å². The molecule has 19 heavy (non-hydrogen) atoms. The molecule has 2 heterocycles. The molecule has 0 bridgehead atoms. The minimum absolute atomic E-state index is 0.217. The summed E-state index contributed by atoms with van der Waals surface area (Å²) >= 11 is 1.21. The first kappa shape index (κ1) is 14.2. The van der Waals surface area contributed by atoms with Crippen LogP contribution in [0, 0.1) is 6.92 Å². The smallest absolute Gasteiger partial charge is 0.252 e. The lowest BCUT2D eigenvalue weighted by Crippen LogP contribution is -2.27. The Bertz CT molecular complexity index is 646. The molecule has 0 atom stereocenters. The lowest BCUT2D eigenvalue weighted by atomic mass is 10.5. The number of hydrogen-bond acceptors (Lipinski definition) is 5. The predicted octanol–water partition coefficient (Wildman–Crippen LogP) is 1.49. The molecule has 0 radical (unpaired) electrons. The number of aryl methyl sites for hydroxylation is 1. The van der Waals surface area contributed by atoms with E-state index >= 15 is 0 Å². The van der Waals surface area contributed by atoms with Crippen LogP contribution in [0.3, 0.4) is 0 Å². The van der Waals surface area contributed by atoms with E-state index in [1.165, 1.54) is 15.6 Å². The summed E-state index contributed by atoms with van der Waals surface area (Å²) in [5.41, 5.74) is 0. The van der Waals surface area contributed by atoms with E-state index in [9.17, 15) is 8.42 Å². The highest BCUT2D eigenvalue weighted by Gasteiger charge is 2.23. The van der Waals surface area contributed by atoms with Crippen LogP contribution in [-0.2, 0) is 23.1 Å². The second kappa shape index (κ2) is 5.40. The van der Waals surface area contributed by atoms with E-state index in [4.69, 9.17) is 0 Å². The number of nitrogens with zero attached hydrogens (tertiary/aromatic N) is 4. The molecule has 104 valence electrons. The lowest BCUT2D eigenvalue weighted by Gasteiger charge is -2.16. The Morgan fingerprint density at radius 2 is 2.16 bits per heavy atom. The van der Waals surface area contributed by atoms with Crippen LogP contribution in [0.4, 0.5) is 0 Å². The fraction of sp³-hybridized carbons (Fsp3) is 0.455. The van der Waals surface area contributed by atoms with E-state index in [2.05, 4.69) is 10.2 Å². The van der Waals surface area contributed by atoms with Gasteiger partial charge < -0.3 is 4.57 Å². The van der Waals surface area contributed by atoms with Gasteiger partial charge in [0.15, 0.2) is 0 Å². The summed E-state index contributed by atoms with van der Waals surface area (Å²) in [4.78, 5) is 0. The van der Waals surface area contributed by atoms with Gasteiger partial charge in [-0.2, -0.15) is 4.31 Å². The van der Waals surface area contributed by atoms with Crippen LogP contribution in [-0.4, -0.2) is 34.5 Å². The van der Waals surface area contributed by atoms with Gasteiger partial charge in [0, 0.05) is 13.6 Å². The van der Waals surface area contributed by atoms with Crippen molar-refractivity contribution in [2.45, 2.75) is 31.1 Å². The molecule has 0 saturated heterocycles. The van der Waals surface area contributed by atoms with Gasteiger partial charge in [-0.15, -0.1) is 21.5 Å². The zero-order valence-corrected chi connectivity index (χ0v) is 12.7. The first-order valence-corrected chi connectivity index (χ1v) is 8.17. The highest BCUT2D eigenvalue weighted by molar-refractivity contribution is 7.91. The van der Waals surface area contributed by atoms with Crippen LogP contribution in [0.2, 0.25) is 0 Å². The number of aromatic nitrogens is 3. The summed E-state index contributed by atoms with van der Waals surface area (Å²) in [6.45, 7) is 4.78. The van der Waals surface area contributed by atoms with E-state index in [0.717, 1.165) is 12.4 Å². The van der Waals surface area contributed by atoms with Crippen LogP contribution in [0.25, 0.3) is 0 Å². The van der Waals surface area contributed by atoms with Crippen molar-refractivity contribution < 1.29 is 8.42 Å². The van der Waals surface area contributed by atoms with Crippen LogP contribution in [0.15, 0.2) is 21.7 Å². The van der Waals surface area contributed by atoms with E-state index in [1.807, 2.05) is 18.4 Å². The predicted molar refractivity (Wildman–Crippen MR) is 73.4 cm³/mol. The van der Waals surface area contributed by atoms with Gasteiger partial charge in [-0.05, 0) is 25.3 Å². The Kier molecular flexibility index (Phi) is 4.02. The Balaban J connectivity index is 2.24. The number of hydrogen-bond donors (Lipinski definition) is 0. The largest absolute Gasteiger partial charge is 0.314 e. The molecule has 2 rings (SSSR count). The molecule has 6 nitrogen and oxygen atoms in total. The molecule has 0 N–H and O–H groups in total. The van der Waals surface area contributed by atoms with Gasteiger partial charge in [0.1, 0.15) is 15.9 Å². The fourth-order valence-corrected chi connectivity index (χ4v) is 4.13. The summed E-state index contributed by atoms with van der Waals surface area (Å²) < 4.78 is 28.1. The molecule has 0 spiro atoms. The van der Waals surface area contributed by atoms with Crippen LogP contribution in [0.5, 0.6) is 0 Å². The highest BCUT2D eigenvalue weighted by atomic mass is 32.2. The summed E-state index contributed by atoms with van der Waals surface area (Å²) in [5.74, 6) is 1.45. The lowest BCUT2D eigenvalue weighted by molar-refractivity contribution is 0.447. The Labute approximate surface area is 116 Å². The summed E-state index contributed by atoms with van der Waals surface area (Å²) in [5, 5.41) is 9.76.